The highest BCUT2D eigenvalue weighted by Gasteiger charge is 2.35. The van der Waals surface area contributed by atoms with E-state index < -0.39 is 29.6 Å². The highest BCUT2D eigenvalue weighted by Crippen LogP contribution is 2.35. The van der Waals surface area contributed by atoms with Crippen LogP contribution in [0.25, 0.3) is 0 Å². The quantitative estimate of drug-likeness (QED) is 0.112. The molecular weight excluding hydrogens is 462 g/mol. The van der Waals surface area contributed by atoms with E-state index in [0.717, 1.165) is 25.3 Å². The summed E-state index contributed by atoms with van der Waals surface area (Å²) in [6.45, 7) is 12.5. The van der Waals surface area contributed by atoms with E-state index >= 15 is 0 Å². The molecule has 0 spiro atoms. The summed E-state index contributed by atoms with van der Waals surface area (Å²) in [4.78, 5) is 0. The number of hydrogen-bond acceptors (Lipinski definition) is 0. The van der Waals surface area contributed by atoms with Crippen molar-refractivity contribution < 1.29 is 26.3 Å². The molecule has 0 rings (SSSR count). The van der Waals surface area contributed by atoms with E-state index in [1.165, 1.54) is 13.0 Å². The number of alkyl halides is 6. The van der Waals surface area contributed by atoms with Crippen LogP contribution in [0.3, 0.4) is 0 Å². The molecule has 0 aromatic rings. The molecule has 35 heavy (non-hydrogen) atoms. The molecule has 0 amide bonds. The van der Waals surface area contributed by atoms with E-state index in [9.17, 15) is 26.3 Å². The van der Waals surface area contributed by atoms with E-state index in [1.807, 2.05) is 20.8 Å². The van der Waals surface area contributed by atoms with Crippen LogP contribution in [0.5, 0.6) is 0 Å². The molecule has 0 saturated heterocycles. The summed E-state index contributed by atoms with van der Waals surface area (Å²) in [5.74, 6) is -9.04. The minimum atomic E-state index is -2.97. The van der Waals surface area contributed by atoms with E-state index in [0.29, 0.717) is 43.4 Å². The van der Waals surface area contributed by atoms with Crippen LogP contribution in [-0.4, -0.2) is 17.8 Å². The van der Waals surface area contributed by atoms with Gasteiger partial charge in [-0.25, -0.2) is 26.3 Å². The normalized spacial score (nSPS) is 16.4. The summed E-state index contributed by atoms with van der Waals surface area (Å²) in [6, 6.07) is 0. The lowest BCUT2D eigenvalue weighted by Gasteiger charge is -2.23. The molecule has 3 unspecified atom stereocenters. The Bertz CT molecular complexity index is 568. The molecule has 0 heterocycles. The van der Waals surface area contributed by atoms with Gasteiger partial charge in [-0.2, -0.15) is 0 Å². The average Bonchev–Trinajstić information content (AvgIpc) is 2.71. The first-order chi connectivity index (χ1) is 16.0. The minimum Gasteiger partial charge on any atom is -0.207 e. The average molecular weight is 515 g/mol. The van der Waals surface area contributed by atoms with Crippen molar-refractivity contribution in [2.24, 2.45) is 29.6 Å². The van der Waals surface area contributed by atoms with Crippen LogP contribution >= 0.6 is 0 Å². The van der Waals surface area contributed by atoms with E-state index in [2.05, 4.69) is 6.92 Å². The Morgan fingerprint density at radius 2 is 1.06 bits per heavy atom. The van der Waals surface area contributed by atoms with E-state index in [4.69, 9.17) is 0 Å². The Morgan fingerprint density at radius 1 is 0.600 bits per heavy atom. The number of allylic oxidation sites excluding steroid dienone is 2. The van der Waals surface area contributed by atoms with Gasteiger partial charge >= 0.3 is 0 Å². The monoisotopic (exact) mass is 514 g/mol. The SMILES string of the molecule is CC(C)C/C=C/C(F)(F)C(C)CCCC(F)(F)CCCC(C)CCC(C)CCCC(F)(F)C(C)C. The lowest BCUT2D eigenvalue weighted by Crippen LogP contribution is -2.24. The molecule has 210 valence electrons. The number of halogens is 6. The van der Waals surface area contributed by atoms with Crippen LogP contribution in [0, 0.1) is 29.6 Å². The fourth-order valence-electron chi connectivity index (χ4n) is 4.19. The molecule has 3 atom stereocenters. The van der Waals surface area contributed by atoms with Crippen molar-refractivity contribution in [2.45, 2.75) is 143 Å². The first-order valence-electron chi connectivity index (χ1n) is 13.8. The van der Waals surface area contributed by atoms with Crippen molar-refractivity contribution in [2.75, 3.05) is 0 Å². The van der Waals surface area contributed by atoms with Gasteiger partial charge in [-0.1, -0.05) is 80.2 Å². The number of rotatable bonds is 20. The van der Waals surface area contributed by atoms with Crippen molar-refractivity contribution >= 4 is 0 Å². The van der Waals surface area contributed by atoms with E-state index in [1.54, 1.807) is 13.8 Å². The summed E-state index contributed by atoms with van der Waals surface area (Å²) in [5.41, 5.74) is 0. The summed E-state index contributed by atoms with van der Waals surface area (Å²) in [6.07, 6.45) is 6.72. The predicted octanol–water partition coefficient (Wildman–Crippen LogP) is 11.3. The molecule has 0 N–H and O–H groups in total. The fraction of sp³-hybridized carbons (Fsp3) is 0.931. The second-order valence-corrected chi connectivity index (χ2v) is 11.8. The standard InChI is InChI=1S/C29H52F6/c1-22(2)12-8-21-29(34,35)26(7)15-11-19-27(30,31)18-9-13-24(5)16-17-25(6)14-10-20-28(32,33)23(3)4/h8,21-26H,9-20H2,1-7H3/b21-8+. The fourth-order valence-corrected chi connectivity index (χ4v) is 4.19. The smallest absolute Gasteiger partial charge is 0.207 e. The molecule has 0 fully saturated rings. The topological polar surface area (TPSA) is 0 Å². The first kappa shape index (κ1) is 34.3. The third-order valence-electron chi connectivity index (χ3n) is 7.23. The zero-order chi connectivity index (χ0) is 27.3. The first-order valence-corrected chi connectivity index (χ1v) is 13.8. The van der Waals surface area contributed by atoms with Gasteiger partial charge < -0.3 is 0 Å². The molecule has 0 aliphatic rings. The molecule has 0 aromatic heterocycles. The highest BCUT2D eigenvalue weighted by molar-refractivity contribution is 4.97. The van der Waals surface area contributed by atoms with Gasteiger partial charge in [0.2, 0.25) is 11.8 Å². The Kier molecular flexibility index (Phi) is 15.9. The van der Waals surface area contributed by atoms with Crippen molar-refractivity contribution in [3.05, 3.63) is 12.2 Å². The van der Waals surface area contributed by atoms with Gasteiger partial charge in [0.1, 0.15) is 0 Å². The van der Waals surface area contributed by atoms with Crippen LogP contribution in [0.1, 0.15) is 126 Å². The lowest BCUT2D eigenvalue weighted by molar-refractivity contribution is -0.0546. The lowest BCUT2D eigenvalue weighted by atomic mass is 9.89. The van der Waals surface area contributed by atoms with Crippen LogP contribution in [0.15, 0.2) is 12.2 Å². The third kappa shape index (κ3) is 16.6. The molecule has 0 radical (unpaired) electrons. The van der Waals surface area contributed by atoms with Gasteiger partial charge in [0.05, 0.1) is 0 Å². The van der Waals surface area contributed by atoms with Crippen LogP contribution in [0.4, 0.5) is 26.3 Å². The van der Waals surface area contributed by atoms with Crippen molar-refractivity contribution in [1.29, 1.82) is 0 Å². The molecule has 0 aliphatic heterocycles. The number of hydrogen-bond donors (Lipinski definition) is 0. The van der Waals surface area contributed by atoms with Gasteiger partial charge in [-0.3, -0.25) is 0 Å². The molecule has 0 nitrogen and oxygen atoms in total. The Hall–Kier alpha value is -0.680. The van der Waals surface area contributed by atoms with Crippen LogP contribution in [0.2, 0.25) is 0 Å². The molecular formula is C29H52F6. The Labute approximate surface area is 211 Å². The molecule has 0 saturated carbocycles. The maximum absolute atomic E-state index is 14.3. The predicted molar refractivity (Wildman–Crippen MR) is 137 cm³/mol. The van der Waals surface area contributed by atoms with Gasteiger partial charge in [-0.05, 0) is 55.9 Å². The summed E-state index contributed by atoms with van der Waals surface area (Å²) in [7, 11) is 0. The summed E-state index contributed by atoms with van der Waals surface area (Å²) in [5, 5.41) is 0. The third-order valence-corrected chi connectivity index (χ3v) is 7.23. The molecule has 0 aromatic carbocycles. The van der Waals surface area contributed by atoms with E-state index in [-0.39, 0.29) is 32.1 Å². The minimum absolute atomic E-state index is 0.0754. The van der Waals surface area contributed by atoms with Crippen molar-refractivity contribution in [1.82, 2.24) is 0 Å². The largest absolute Gasteiger partial charge is 0.268 e. The van der Waals surface area contributed by atoms with Gasteiger partial charge in [0, 0.05) is 31.1 Å². The molecule has 0 bridgehead atoms. The summed E-state index contributed by atoms with van der Waals surface area (Å²) >= 11 is 0. The highest BCUT2D eigenvalue weighted by atomic mass is 19.3. The van der Waals surface area contributed by atoms with Crippen molar-refractivity contribution in [3.63, 3.8) is 0 Å². The van der Waals surface area contributed by atoms with Gasteiger partial charge in [0.15, 0.2) is 0 Å². The Morgan fingerprint density at radius 3 is 1.51 bits per heavy atom. The second kappa shape index (κ2) is 16.2. The Balaban J connectivity index is 4.13. The van der Waals surface area contributed by atoms with Crippen LogP contribution in [-0.2, 0) is 0 Å². The van der Waals surface area contributed by atoms with Crippen LogP contribution < -0.4 is 0 Å². The molecule has 6 heteroatoms. The zero-order valence-corrected chi connectivity index (χ0v) is 23.3. The van der Waals surface area contributed by atoms with Crippen molar-refractivity contribution in [3.8, 4) is 0 Å². The summed E-state index contributed by atoms with van der Waals surface area (Å²) < 4.78 is 84.2. The van der Waals surface area contributed by atoms with Gasteiger partial charge in [0.25, 0.3) is 5.92 Å². The molecule has 0 aliphatic carbocycles. The maximum Gasteiger partial charge on any atom is 0.268 e. The second-order valence-electron chi connectivity index (χ2n) is 11.8. The zero-order valence-electron chi connectivity index (χ0n) is 23.3. The maximum atomic E-state index is 14.3. The van der Waals surface area contributed by atoms with Gasteiger partial charge in [-0.15, -0.1) is 0 Å².